The first-order valence-corrected chi connectivity index (χ1v) is 12.0. The number of carbonyl (C=O) groups is 5. The molecule has 2 aromatic rings. The Kier molecular flexibility index (Phi) is 10.5. The van der Waals surface area contributed by atoms with Gasteiger partial charge < -0.3 is 24.8 Å². The van der Waals surface area contributed by atoms with E-state index in [9.17, 15) is 45.9 Å². The first-order chi connectivity index (χ1) is 19.4. The van der Waals surface area contributed by atoms with Crippen molar-refractivity contribution in [1.82, 2.24) is 10.2 Å². The van der Waals surface area contributed by atoms with Crippen LogP contribution in [0.4, 0.5) is 22.0 Å². The fourth-order valence-corrected chi connectivity index (χ4v) is 3.85. The largest absolute Gasteiger partial charge is 0.481 e. The highest BCUT2D eigenvalue weighted by Gasteiger charge is 2.33. The summed E-state index contributed by atoms with van der Waals surface area (Å²) in [6, 6.07) is 3.45. The summed E-state index contributed by atoms with van der Waals surface area (Å²) in [5, 5.41) is 11.3. The summed E-state index contributed by atoms with van der Waals surface area (Å²) in [6.07, 6.45) is -1.54. The molecule has 0 unspecified atom stereocenters. The molecule has 41 heavy (non-hydrogen) atoms. The molecule has 1 aliphatic rings. The molecule has 1 fully saturated rings. The molecule has 15 heteroatoms. The number of ketones is 2. The van der Waals surface area contributed by atoms with Gasteiger partial charge in [-0.05, 0) is 11.6 Å². The number of ether oxygens (including phenoxy) is 2. The number of carboxylic acids is 1. The van der Waals surface area contributed by atoms with Gasteiger partial charge in [-0.2, -0.15) is 8.78 Å². The lowest BCUT2D eigenvalue weighted by Crippen LogP contribution is -2.50. The van der Waals surface area contributed by atoms with E-state index in [4.69, 9.17) is 9.84 Å². The molecule has 2 amide bonds. The van der Waals surface area contributed by atoms with Crippen LogP contribution in [0.3, 0.4) is 0 Å². The van der Waals surface area contributed by atoms with Crippen LogP contribution in [0.2, 0.25) is 0 Å². The number of nitrogens with one attached hydrogen (secondary N) is 1. The molecule has 3 rings (SSSR count). The minimum Gasteiger partial charge on any atom is -0.481 e. The molecular weight excluding hydrogens is 563 g/mol. The first-order valence-electron chi connectivity index (χ1n) is 12.0. The molecule has 0 aliphatic carbocycles. The number of benzene rings is 2. The standard InChI is InChI=1S/C26H23F5N2O8/c27-15-4-2-1-3-13(15)7-19(34)26(39)33-5-6-40-11-14(10-33)25(38)32-18(9-21(36)37)20(35)12-41-24-22(30)16(28)8-17(29)23(24)31/h1-4,8,14,18H,5-7,9-12H2,(H,32,38)(H,36,37)/t14-,18-/m0/s1. The zero-order chi connectivity index (χ0) is 30.3. The molecule has 2 atom stereocenters. The van der Waals surface area contributed by atoms with Gasteiger partial charge in [-0.1, -0.05) is 18.2 Å². The molecule has 2 N–H and O–H groups in total. The van der Waals surface area contributed by atoms with Crippen molar-refractivity contribution in [2.24, 2.45) is 5.92 Å². The number of aliphatic carboxylic acids is 1. The molecule has 0 aromatic heterocycles. The summed E-state index contributed by atoms with van der Waals surface area (Å²) in [6.45, 7) is -2.11. The van der Waals surface area contributed by atoms with Gasteiger partial charge in [-0.25, -0.2) is 13.2 Å². The maximum atomic E-state index is 13.9. The number of amides is 2. The third-order valence-electron chi connectivity index (χ3n) is 5.98. The first kappa shape index (κ1) is 31.1. The van der Waals surface area contributed by atoms with Gasteiger partial charge in [-0.3, -0.25) is 24.0 Å². The number of carboxylic acid groups (broad SMARTS) is 1. The molecular formula is C26H23F5N2O8. The summed E-state index contributed by atoms with van der Waals surface area (Å²) in [5.41, 5.74) is -0.01000. The van der Waals surface area contributed by atoms with Gasteiger partial charge in [0, 0.05) is 25.6 Å². The Balaban J connectivity index is 1.67. The van der Waals surface area contributed by atoms with Crippen LogP contribution in [-0.4, -0.2) is 78.3 Å². The van der Waals surface area contributed by atoms with Gasteiger partial charge >= 0.3 is 5.97 Å². The third kappa shape index (κ3) is 8.06. The Bertz CT molecular complexity index is 1330. The summed E-state index contributed by atoms with van der Waals surface area (Å²) < 4.78 is 78.2. The van der Waals surface area contributed by atoms with Gasteiger partial charge in [-0.15, -0.1) is 0 Å². The SMILES string of the molecule is O=C(O)C[C@H](NC(=O)[C@@H]1COCCN(C(=O)C(=O)Cc2ccccc2F)C1)C(=O)COc1c(F)c(F)cc(F)c1F. The zero-order valence-corrected chi connectivity index (χ0v) is 21.1. The average Bonchev–Trinajstić information content (AvgIpc) is 3.18. The van der Waals surface area contributed by atoms with Crippen molar-refractivity contribution in [2.75, 3.05) is 32.9 Å². The number of carbonyl (C=O) groups excluding carboxylic acids is 4. The number of hydrogen-bond donors (Lipinski definition) is 2. The fraction of sp³-hybridized carbons (Fsp3) is 0.346. The monoisotopic (exact) mass is 586 g/mol. The Labute approximate surface area is 229 Å². The Hall–Kier alpha value is -4.40. The van der Waals surface area contributed by atoms with Crippen molar-refractivity contribution < 1.29 is 60.5 Å². The second-order valence-electron chi connectivity index (χ2n) is 8.93. The molecule has 10 nitrogen and oxygen atoms in total. The van der Waals surface area contributed by atoms with Gasteiger partial charge in [0.25, 0.3) is 5.91 Å². The third-order valence-corrected chi connectivity index (χ3v) is 5.98. The lowest BCUT2D eigenvalue weighted by Gasteiger charge is -2.24. The van der Waals surface area contributed by atoms with Gasteiger partial charge in [0.05, 0.1) is 25.6 Å². The van der Waals surface area contributed by atoms with E-state index in [1.807, 2.05) is 0 Å². The smallest absolute Gasteiger partial charge is 0.305 e. The van der Waals surface area contributed by atoms with Gasteiger partial charge in [0.1, 0.15) is 18.5 Å². The number of rotatable bonds is 11. The van der Waals surface area contributed by atoms with Crippen molar-refractivity contribution in [3.05, 3.63) is 65.0 Å². The molecule has 2 aromatic carbocycles. The molecule has 0 bridgehead atoms. The minimum absolute atomic E-state index is 0.01000. The van der Waals surface area contributed by atoms with Crippen LogP contribution in [0.5, 0.6) is 5.75 Å². The number of halogens is 5. The minimum atomic E-state index is -1.93. The summed E-state index contributed by atoms with van der Waals surface area (Å²) in [4.78, 5) is 63.0. The molecule has 0 saturated carbocycles. The molecule has 0 spiro atoms. The Morgan fingerprint density at radius 2 is 1.68 bits per heavy atom. The fourth-order valence-electron chi connectivity index (χ4n) is 3.85. The average molecular weight is 586 g/mol. The molecule has 220 valence electrons. The summed E-state index contributed by atoms with van der Waals surface area (Å²) in [5.74, 6) is -16.6. The van der Waals surface area contributed by atoms with E-state index in [1.165, 1.54) is 18.2 Å². The van der Waals surface area contributed by atoms with Crippen molar-refractivity contribution in [3.8, 4) is 5.75 Å². The van der Waals surface area contributed by atoms with E-state index in [0.29, 0.717) is 0 Å². The van der Waals surface area contributed by atoms with E-state index in [1.54, 1.807) is 0 Å². The van der Waals surface area contributed by atoms with Crippen LogP contribution in [0, 0.1) is 35.0 Å². The van der Waals surface area contributed by atoms with Crippen molar-refractivity contribution in [2.45, 2.75) is 18.9 Å². The predicted molar refractivity (Wildman–Crippen MR) is 127 cm³/mol. The van der Waals surface area contributed by atoms with Crippen LogP contribution >= 0.6 is 0 Å². The highest BCUT2D eigenvalue weighted by molar-refractivity contribution is 6.36. The Morgan fingerprint density at radius 3 is 2.32 bits per heavy atom. The molecule has 1 heterocycles. The second kappa shape index (κ2) is 13.8. The zero-order valence-electron chi connectivity index (χ0n) is 21.1. The van der Waals surface area contributed by atoms with E-state index in [0.717, 1.165) is 11.0 Å². The van der Waals surface area contributed by atoms with E-state index >= 15 is 0 Å². The lowest BCUT2D eigenvalue weighted by atomic mass is 10.0. The van der Waals surface area contributed by atoms with E-state index < -0.39 is 95.6 Å². The van der Waals surface area contributed by atoms with Crippen molar-refractivity contribution in [3.63, 3.8) is 0 Å². The van der Waals surface area contributed by atoms with Crippen molar-refractivity contribution >= 4 is 29.4 Å². The van der Waals surface area contributed by atoms with E-state index in [-0.39, 0.29) is 37.9 Å². The number of hydrogen-bond acceptors (Lipinski definition) is 7. The number of Topliss-reactive ketones (excluding diaryl/α,β-unsaturated/α-hetero) is 2. The lowest BCUT2D eigenvalue weighted by molar-refractivity contribution is -0.145. The summed E-state index contributed by atoms with van der Waals surface area (Å²) in [7, 11) is 0. The maximum absolute atomic E-state index is 13.9. The number of nitrogens with zero attached hydrogens (tertiary/aromatic N) is 1. The van der Waals surface area contributed by atoms with Gasteiger partial charge in [0.15, 0.2) is 23.2 Å². The van der Waals surface area contributed by atoms with Crippen LogP contribution in [0.1, 0.15) is 12.0 Å². The highest BCUT2D eigenvalue weighted by Crippen LogP contribution is 2.26. The van der Waals surface area contributed by atoms with Crippen LogP contribution in [0.15, 0.2) is 30.3 Å². The second-order valence-corrected chi connectivity index (χ2v) is 8.93. The maximum Gasteiger partial charge on any atom is 0.305 e. The van der Waals surface area contributed by atoms with Crippen LogP contribution < -0.4 is 10.1 Å². The van der Waals surface area contributed by atoms with E-state index in [2.05, 4.69) is 10.1 Å². The highest BCUT2D eigenvalue weighted by atomic mass is 19.2. The van der Waals surface area contributed by atoms with Crippen LogP contribution in [0.25, 0.3) is 0 Å². The van der Waals surface area contributed by atoms with Crippen molar-refractivity contribution in [1.29, 1.82) is 0 Å². The Morgan fingerprint density at radius 1 is 1.02 bits per heavy atom. The molecule has 1 saturated heterocycles. The molecule has 1 aliphatic heterocycles. The van der Waals surface area contributed by atoms with Crippen LogP contribution in [-0.2, 0) is 35.1 Å². The summed E-state index contributed by atoms with van der Waals surface area (Å²) >= 11 is 0. The quantitative estimate of drug-likeness (QED) is 0.230. The van der Waals surface area contributed by atoms with Gasteiger partial charge in [0.2, 0.25) is 23.3 Å². The molecule has 0 radical (unpaired) electrons. The topological polar surface area (TPSA) is 139 Å². The predicted octanol–water partition coefficient (Wildman–Crippen LogP) is 1.58. The normalized spacial score (nSPS) is 15.9.